The molecule has 2 unspecified atom stereocenters. The van der Waals surface area contributed by atoms with Crippen LogP contribution in [0.1, 0.15) is 23.7 Å². The van der Waals surface area contributed by atoms with Gasteiger partial charge in [0.25, 0.3) is 0 Å². The number of rotatable bonds is 4. The van der Waals surface area contributed by atoms with Crippen LogP contribution in [0.4, 0.5) is 0 Å². The number of benzene rings is 2. The van der Waals surface area contributed by atoms with Crippen LogP contribution < -0.4 is 0 Å². The zero-order chi connectivity index (χ0) is 17.9. The van der Waals surface area contributed by atoms with Crippen LogP contribution in [0.5, 0.6) is 0 Å². The molecular weight excluding hydrogens is 336 g/mol. The third-order valence-electron chi connectivity index (χ3n) is 4.72. The standard InChI is InChI=1S/C20H22O6/c21-11-15-18-17(25-19(23-15)13-7-3-1-4-8-13)16(12-22)24-20(26-18)14-9-5-2-6-10-14/h1-10,15-22H,11-12H2/t15-,16-,17+,18+,19?,20?/m0/s1. The van der Waals surface area contributed by atoms with E-state index in [0.717, 1.165) is 11.1 Å². The molecule has 0 amide bonds. The Balaban J connectivity index is 1.59. The van der Waals surface area contributed by atoms with Gasteiger partial charge < -0.3 is 29.2 Å². The number of fused-ring (bicyclic) bond motifs is 1. The summed E-state index contributed by atoms with van der Waals surface area (Å²) in [5, 5.41) is 19.7. The van der Waals surface area contributed by atoms with Crippen LogP contribution in [0.25, 0.3) is 0 Å². The Morgan fingerprint density at radius 2 is 0.962 bits per heavy atom. The monoisotopic (exact) mass is 358 g/mol. The molecule has 2 aliphatic heterocycles. The first kappa shape index (κ1) is 17.6. The third kappa shape index (κ3) is 3.40. The van der Waals surface area contributed by atoms with E-state index in [4.69, 9.17) is 18.9 Å². The van der Waals surface area contributed by atoms with Crippen molar-refractivity contribution in [3.8, 4) is 0 Å². The number of hydrogen-bond acceptors (Lipinski definition) is 6. The highest BCUT2D eigenvalue weighted by atomic mass is 16.8. The number of aliphatic hydroxyl groups excluding tert-OH is 2. The van der Waals surface area contributed by atoms with Crippen LogP contribution in [0.3, 0.4) is 0 Å². The molecule has 0 saturated carbocycles. The number of ether oxygens (including phenoxy) is 4. The quantitative estimate of drug-likeness (QED) is 0.870. The summed E-state index contributed by atoms with van der Waals surface area (Å²) in [7, 11) is 0. The number of hydrogen-bond donors (Lipinski definition) is 2. The molecule has 4 rings (SSSR count). The molecule has 2 aromatic rings. The average Bonchev–Trinajstić information content (AvgIpc) is 2.73. The third-order valence-corrected chi connectivity index (χ3v) is 4.72. The van der Waals surface area contributed by atoms with E-state index in [1.54, 1.807) is 0 Å². The first-order valence-electron chi connectivity index (χ1n) is 8.73. The Morgan fingerprint density at radius 3 is 1.31 bits per heavy atom. The Kier molecular flexibility index (Phi) is 5.31. The molecule has 2 N–H and O–H groups in total. The van der Waals surface area contributed by atoms with Crippen molar-refractivity contribution in [2.75, 3.05) is 13.2 Å². The van der Waals surface area contributed by atoms with E-state index in [0.29, 0.717) is 0 Å². The molecule has 6 atom stereocenters. The Morgan fingerprint density at radius 1 is 0.577 bits per heavy atom. The van der Waals surface area contributed by atoms with E-state index >= 15 is 0 Å². The lowest BCUT2D eigenvalue weighted by molar-refractivity contribution is -0.387. The summed E-state index contributed by atoms with van der Waals surface area (Å²) in [6.45, 7) is -0.430. The molecule has 2 aliphatic rings. The van der Waals surface area contributed by atoms with Gasteiger partial charge in [-0.2, -0.15) is 0 Å². The largest absolute Gasteiger partial charge is 0.394 e. The second-order valence-electron chi connectivity index (χ2n) is 6.40. The summed E-state index contributed by atoms with van der Waals surface area (Å²) in [6.07, 6.45) is -3.55. The summed E-state index contributed by atoms with van der Waals surface area (Å²) in [5.41, 5.74) is 1.68. The minimum Gasteiger partial charge on any atom is -0.394 e. The molecular formula is C20H22O6. The molecule has 26 heavy (non-hydrogen) atoms. The normalized spacial score (nSPS) is 34.2. The molecule has 0 aromatic heterocycles. The maximum atomic E-state index is 9.85. The van der Waals surface area contributed by atoms with Crippen molar-refractivity contribution < 1.29 is 29.2 Å². The fourth-order valence-electron chi connectivity index (χ4n) is 3.40. The van der Waals surface area contributed by atoms with Gasteiger partial charge in [0, 0.05) is 11.1 Å². The first-order valence-corrected chi connectivity index (χ1v) is 8.73. The highest BCUT2D eigenvalue weighted by molar-refractivity contribution is 5.18. The van der Waals surface area contributed by atoms with Crippen molar-refractivity contribution in [1.82, 2.24) is 0 Å². The van der Waals surface area contributed by atoms with Gasteiger partial charge in [-0.25, -0.2) is 0 Å². The van der Waals surface area contributed by atoms with E-state index < -0.39 is 37.0 Å². The van der Waals surface area contributed by atoms with E-state index in [2.05, 4.69) is 0 Å². The lowest BCUT2D eigenvalue weighted by atomic mass is 9.99. The lowest BCUT2D eigenvalue weighted by Gasteiger charge is -2.48. The zero-order valence-corrected chi connectivity index (χ0v) is 14.2. The molecule has 2 saturated heterocycles. The smallest absolute Gasteiger partial charge is 0.184 e. The van der Waals surface area contributed by atoms with Gasteiger partial charge in [0.15, 0.2) is 12.6 Å². The van der Waals surface area contributed by atoms with Gasteiger partial charge in [-0.3, -0.25) is 0 Å². The molecule has 2 heterocycles. The fourth-order valence-corrected chi connectivity index (χ4v) is 3.40. The van der Waals surface area contributed by atoms with Crippen molar-refractivity contribution >= 4 is 0 Å². The first-order chi connectivity index (χ1) is 12.8. The highest BCUT2D eigenvalue weighted by Gasteiger charge is 2.49. The average molecular weight is 358 g/mol. The van der Waals surface area contributed by atoms with Crippen molar-refractivity contribution in [1.29, 1.82) is 0 Å². The summed E-state index contributed by atoms with van der Waals surface area (Å²) < 4.78 is 24.0. The summed E-state index contributed by atoms with van der Waals surface area (Å²) in [5.74, 6) is 0. The van der Waals surface area contributed by atoms with Crippen molar-refractivity contribution in [3.63, 3.8) is 0 Å². The molecule has 2 aromatic carbocycles. The minimum atomic E-state index is -0.649. The van der Waals surface area contributed by atoms with Gasteiger partial charge in [0.1, 0.15) is 24.4 Å². The van der Waals surface area contributed by atoms with Gasteiger partial charge in [0.05, 0.1) is 13.2 Å². The molecule has 0 aliphatic carbocycles. The SMILES string of the molecule is OC[C@@H]1OC(c2ccccc2)O[C@H]2[C@@H]1OC(c1ccccc1)O[C@H]2CO. The van der Waals surface area contributed by atoms with Crippen LogP contribution in [0.15, 0.2) is 60.7 Å². The lowest BCUT2D eigenvalue weighted by Crippen LogP contribution is -2.59. The molecule has 6 heteroatoms. The van der Waals surface area contributed by atoms with Crippen molar-refractivity contribution in [2.24, 2.45) is 0 Å². The Hall–Kier alpha value is -1.80. The molecule has 0 radical (unpaired) electrons. The maximum Gasteiger partial charge on any atom is 0.184 e. The minimum absolute atomic E-state index is 0.215. The topological polar surface area (TPSA) is 77.4 Å². The van der Waals surface area contributed by atoms with E-state index in [9.17, 15) is 10.2 Å². The van der Waals surface area contributed by atoms with Crippen LogP contribution >= 0.6 is 0 Å². The predicted molar refractivity (Wildman–Crippen MR) is 92.0 cm³/mol. The molecule has 0 bridgehead atoms. The van der Waals surface area contributed by atoms with Crippen LogP contribution in [0, 0.1) is 0 Å². The summed E-state index contributed by atoms with van der Waals surface area (Å²) >= 11 is 0. The fraction of sp³-hybridized carbons (Fsp3) is 0.400. The van der Waals surface area contributed by atoms with E-state index in [-0.39, 0.29) is 13.2 Å². The molecule has 0 spiro atoms. The maximum absolute atomic E-state index is 9.85. The van der Waals surface area contributed by atoms with Crippen LogP contribution in [0.2, 0.25) is 0 Å². The molecule has 2 fully saturated rings. The van der Waals surface area contributed by atoms with Gasteiger partial charge in [-0.1, -0.05) is 60.7 Å². The summed E-state index contributed by atoms with van der Waals surface area (Å²) in [4.78, 5) is 0. The number of aliphatic hydroxyl groups is 2. The van der Waals surface area contributed by atoms with Crippen LogP contribution in [-0.2, 0) is 18.9 Å². The highest BCUT2D eigenvalue weighted by Crippen LogP contribution is 2.40. The van der Waals surface area contributed by atoms with Crippen molar-refractivity contribution in [3.05, 3.63) is 71.8 Å². The Labute approximate surface area is 151 Å². The van der Waals surface area contributed by atoms with Gasteiger partial charge in [-0.15, -0.1) is 0 Å². The Bertz CT molecular complexity index is 632. The summed E-state index contributed by atoms with van der Waals surface area (Å²) in [6, 6.07) is 19.0. The zero-order valence-electron chi connectivity index (χ0n) is 14.2. The second-order valence-corrected chi connectivity index (χ2v) is 6.40. The van der Waals surface area contributed by atoms with Gasteiger partial charge in [-0.05, 0) is 0 Å². The molecule has 6 nitrogen and oxygen atoms in total. The second kappa shape index (κ2) is 7.84. The predicted octanol–water partition coefficient (Wildman–Crippen LogP) is 1.94. The van der Waals surface area contributed by atoms with Crippen molar-refractivity contribution in [2.45, 2.75) is 37.0 Å². The van der Waals surface area contributed by atoms with Gasteiger partial charge in [0.2, 0.25) is 0 Å². The molecule has 138 valence electrons. The van der Waals surface area contributed by atoms with Gasteiger partial charge >= 0.3 is 0 Å². The van der Waals surface area contributed by atoms with E-state index in [1.807, 2.05) is 60.7 Å². The van der Waals surface area contributed by atoms with E-state index in [1.165, 1.54) is 0 Å². The van der Waals surface area contributed by atoms with Crippen LogP contribution in [-0.4, -0.2) is 47.8 Å².